The maximum atomic E-state index is 12.7. The van der Waals surface area contributed by atoms with Crippen molar-refractivity contribution in [1.82, 2.24) is 0 Å². The van der Waals surface area contributed by atoms with Crippen molar-refractivity contribution in [2.45, 2.75) is 82.8 Å². The summed E-state index contributed by atoms with van der Waals surface area (Å²) in [5.74, 6) is 0.569. The molecule has 1 aromatic carbocycles. The zero-order valence-corrected chi connectivity index (χ0v) is 18.8. The van der Waals surface area contributed by atoms with Gasteiger partial charge in [0.15, 0.2) is 14.1 Å². The maximum absolute atomic E-state index is 12.7. The van der Waals surface area contributed by atoms with Crippen molar-refractivity contribution in [3.05, 3.63) is 28.8 Å². The number of carbonyl (C=O) groups is 1. The van der Waals surface area contributed by atoms with E-state index < -0.39 is 38.8 Å². The number of ether oxygens (including phenoxy) is 2. The molecular formula is C21H32O6Si. The molecule has 1 saturated heterocycles. The lowest BCUT2D eigenvalue weighted by Crippen LogP contribution is -2.46. The van der Waals surface area contributed by atoms with Crippen LogP contribution in [0, 0.1) is 0 Å². The van der Waals surface area contributed by atoms with Gasteiger partial charge in [0.1, 0.15) is 18.0 Å². The van der Waals surface area contributed by atoms with Gasteiger partial charge in [-0.25, -0.2) is 0 Å². The predicted molar refractivity (Wildman–Crippen MR) is 108 cm³/mol. The van der Waals surface area contributed by atoms with Gasteiger partial charge < -0.3 is 24.1 Å². The summed E-state index contributed by atoms with van der Waals surface area (Å²) in [6.45, 7) is 12.4. The molecule has 0 radical (unpaired) electrons. The van der Waals surface area contributed by atoms with E-state index in [1.807, 2.05) is 6.07 Å². The molecule has 1 aliphatic carbocycles. The number of Topliss-reactive ketones (excluding diaryl/α,β-unsaturated/α-hetero) is 1. The number of aliphatic hydroxyl groups excluding tert-OH is 2. The highest BCUT2D eigenvalue weighted by Crippen LogP contribution is 2.50. The van der Waals surface area contributed by atoms with Crippen LogP contribution in [0.4, 0.5) is 0 Å². The number of methoxy groups -OCH3 is 1. The molecule has 0 aromatic heterocycles. The monoisotopic (exact) mass is 408 g/mol. The summed E-state index contributed by atoms with van der Waals surface area (Å²) in [7, 11) is -0.580. The number of hydrogen-bond donors (Lipinski definition) is 2. The lowest BCUT2D eigenvalue weighted by atomic mass is 9.80. The summed E-state index contributed by atoms with van der Waals surface area (Å²) >= 11 is 0. The molecule has 0 spiro atoms. The van der Waals surface area contributed by atoms with E-state index in [1.54, 1.807) is 20.1 Å². The van der Waals surface area contributed by atoms with Gasteiger partial charge in [-0.15, -0.1) is 0 Å². The molecule has 2 N–H and O–H groups in total. The topological polar surface area (TPSA) is 85.2 Å². The van der Waals surface area contributed by atoms with Gasteiger partial charge >= 0.3 is 0 Å². The van der Waals surface area contributed by atoms with Gasteiger partial charge in [-0.1, -0.05) is 32.9 Å². The van der Waals surface area contributed by atoms with E-state index in [0.717, 1.165) is 11.1 Å². The molecule has 3 rings (SSSR count). The molecule has 0 amide bonds. The summed E-state index contributed by atoms with van der Waals surface area (Å²) in [5, 5.41) is 20.1. The average molecular weight is 409 g/mol. The molecule has 1 heterocycles. The van der Waals surface area contributed by atoms with E-state index in [1.165, 1.54) is 0 Å². The Morgan fingerprint density at radius 3 is 2.39 bits per heavy atom. The molecule has 1 unspecified atom stereocenters. The van der Waals surface area contributed by atoms with Crippen molar-refractivity contribution in [2.24, 2.45) is 0 Å². The second kappa shape index (κ2) is 7.22. The van der Waals surface area contributed by atoms with Crippen LogP contribution in [0.3, 0.4) is 0 Å². The molecule has 7 heteroatoms. The van der Waals surface area contributed by atoms with Crippen LogP contribution in [-0.2, 0) is 9.16 Å². The van der Waals surface area contributed by atoms with E-state index in [2.05, 4.69) is 33.9 Å². The van der Waals surface area contributed by atoms with Crippen LogP contribution in [0.2, 0.25) is 18.1 Å². The molecule has 28 heavy (non-hydrogen) atoms. The van der Waals surface area contributed by atoms with E-state index in [0.29, 0.717) is 11.3 Å². The first-order valence-corrected chi connectivity index (χ1v) is 12.7. The molecule has 0 saturated carbocycles. The third-order valence-corrected chi connectivity index (χ3v) is 10.9. The minimum Gasteiger partial charge on any atom is -0.496 e. The standard InChI is InChI=1S/C21H32O6Si/c1-11-17(23)14(22)10-15(26-11)12-8-9-13-16(19(12)25-5)20(18(13)24)27-28(6,7)21(2,3)4/h8-9,11,14-15,17,20,22-23H,10H2,1-7H3/t11-,14-,15-,17-,20?/m1/s1. The van der Waals surface area contributed by atoms with Crippen molar-refractivity contribution in [3.8, 4) is 5.75 Å². The quantitative estimate of drug-likeness (QED) is 0.742. The molecular weight excluding hydrogens is 376 g/mol. The number of ketones is 1. The van der Waals surface area contributed by atoms with Crippen LogP contribution in [-0.4, -0.2) is 49.7 Å². The highest BCUT2D eigenvalue weighted by Gasteiger charge is 2.48. The fourth-order valence-corrected chi connectivity index (χ4v) is 4.79. The Balaban J connectivity index is 1.96. The van der Waals surface area contributed by atoms with Crippen molar-refractivity contribution < 1.29 is 28.9 Å². The predicted octanol–water partition coefficient (Wildman–Crippen LogP) is 3.53. The van der Waals surface area contributed by atoms with Crippen molar-refractivity contribution in [2.75, 3.05) is 7.11 Å². The summed E-state index contributed by atoms with van der Waals surface area (Å²) in [5.41, 5.74) is 2.16. The summed E-state index contributed by atoms with van der Waals surface area (Å²) in [4.78, 5) is 12.7. The van der Waals surface area contributed by atoms with Gasteiger partial charge in [0.25, 0.3) is 0 Å². The van der Waals surface area contributed by atoms with E-state index >= 15 is 0 Å². The van der Waals surface area contributed by atoms with Gasteiger partial charge in [0.05, 0.1) is 25.4 Å². The molecule has 5 atom stereocenters. The van der Waals surface area contributed by atoms with Crippen LogP contribution < -0.4 is 4.74 Å². The van der Waals surface area contributed by atoms with Gasteiger partial charge in [0.2, 0.25) is 0 Å². The first-order valence-electron chi connectivity index (χ1n) is 9.83. The summed E-state index contributed by atoms with van der Waals surface area (Å²) in [6.07, 6.45) is -3.05. The Hall–Kier alpha value is -1.25. The van der Waals surface area contributed by atoms with Gasteiger partial charge in [0, 0.05) is 23.1 Å². The van der Waals surface area contributed by atoms with Crippen molar-refractivity contribution in [1.29, 1.82) is 0 Å². The van der Waals surface area contributed by atoms with Crippen LogP contribution in [0.5, 0.6) is 5.75 Å². The first kappa shape index (κ1) is 21.5. The Labute approximate surface area is 167 Å². The Bertz CT molecular complexity index is 757. The fraction of sp³-hybridized carbons (Fsp3) is 0.667. The summed E-state index contributed by atoms with van der Waals surface area (Å²) < 4.78 is 18.0. The molecule has 2 aliphatic rings. The Morgan fingerprint density at radius 1 is 1.21 bits per heavy atom. The number of rotatable bonds is 4. The third kappa shape index (κ3) is 3.43. The van der Waals surface area contributed by atoms with E-state index in [-0.39, 0.29) is 17.2 Å². The maximum Gasteiger partial charge on any atom is 0.195 e. The minimum atomic E-state index is -2.15. The summed E-state index contributed by atoms with van der Waals surface area (Å²) in [6, 6.07) is 3.60. The highest BCUT2D eigenvalue weighted by atomic mass is 28.4. The minimum absolute atomic E-state index is 0.0157. The zero-order chi connectivity index (χ0) is 21.0. The Kier molecular flexibility index (Phi) is 5.53. The van der Waals surface area contributed by atoms with Crippen LogP contribution >= 0.6 is 0 Å². The number of hydrogen-bond acceptors (Lipinski definition) is 6. The smallest absolute Gasteiger partial charge is 0.195 e. The van der Waals surface area contributed by atoms with Crippen LogP contribution in [0.1, 0.15) is 67.8 Å². The zero-order valence-electron chi connectivity index (χ0n) is 17.8. The molecule has 0 bridgehead atoms. The van der Waals surface area contributed by atoms with Crippen molar-refractivity contribution >= 4 is 14.1 Å². The molecule has 6 nitrogen and oxygen atoms in total. The third-order valence-electron chi connectivity index (χ3n) is 6.47. The second-order valence-electron chi connectivity index (χ2n) is 9.40. The first-order chi connectivity index (χ1) is 12.9. The number of benzene rings is 1. The highest BCUT2D eigenvalue weighted by molar-refractivity contribution is 6.74. The number of aliphatic hydroxyl groups is 2. The SMILES string of the molecule is COc1c([C@H]2C[C@@H](O)[C@H](O)[C@@H](C)O2)ccc2c1C(O[Si](C)(C)C(C)(C)C)C2=O. The lowest BCUT2D eigenvalue weighted by Gasteiger charge is -2.43. The van der Waals surface area contributed by atoms with E-state index in [9.17, 15) is 15.0 Å². The second-order valence-corrected chi connectivity index (χ2v) is 14.2. The molecule has 156 valence electrons. The van der Waals surface area contributed by atoms with Gasteiger partial charge in [-0.2, -0.15) is 0 Å². The van der Waals surface area contributed by atoms with Crippen LogP contribution in [0.25, 0.3) is 0 Å². The Morgan fingerprint density at radius 2 is 1.86 bits per heavy atom. The fourth-order valence-electron chi connectivity index (χ4n) is 3.62. The molecule has 1 aliphatic heterocycles. The molecule has 1 fully saturated rings. The molecule has 1 aromatic rings. The lowest BCUT2D eigenvalue weighted by molar-refractivity contribution is -0.163. The largest absolute Gasteiger partial charge is 0.496 e. The van der Waals surface area contributed by atoms with Gasteiger partial charge in [-0.3, -0.25) is 4.79 Å². The average Bonchev–Trinajstić information content (AvgIpc) is 2.61. The van der Waals surface area contributed by atoms with Gasteiger partial charge in [-0.05, 0) is 25.1 Å². The van der Waals surface area contributed by atoms with E-state index in [4.69, 9.17) is 13.9 Å². The number of carbonyl (C=O) groups excluding carboxylic acids is 1. The normalized spacial score (nSPS) is 30.6. The van der Waals surface area contributed by atoms with Crippen molar-refractivity contribution in [3.63, 3.8) is 0 Å². The number of fused-ring (bicyclic) bond motifs is 1. The van der Waals surface area contributed by atoms with Crippen LogP contribution in [0.15, 0.2) is 12.1 Å².